The van der Waals surface area contributed by atoms with Crippen molar-refractivity contribution in [1.82, 2.24) is 9.78 Å². The van der Waals surface area contributed by atoms with Gasteiger partial charge in [0.25, 0.3) is 0 Å². The summed E-state index contributed by atoms with van der Waals surface area (Å²) < 4.78 is 34.5. The van der Waals surface area contributed by atoms with E-state index >= 15 is 0 Å². The summed E-state index contributed by atoms with van der Waals surface area (Å²) in [4.78, 5) is -0.374. The molecule has 1 aromatic heterocycles. The summed E-state index contributed by atoms with van der Waals surface area (Å²) in [6, 6.07) is 0. The molecular weight excluding hydrogens is 286 g/mol. The first kappa shape index (κ1) is 8.91. The zero-order valence-electron chi connectivity index (χ0n) is 5.45. The highest BCUT2D eigenvalue weighted by Crippen LogP contribution is 2.18. The van der Waals surface area contributed by atoms with E-state index in [-0.39, 0.29) is 8.60 Å². The molecule has 1 rings (SSSR count). The molecule has 0 aliphatic heterocycles. The highest BCUT2D eigenvalue weighted by atomic mass is 127. The molecular formula is C4H4FIN2O2S. The van der Waals surface area contributed by atoms with Gasteiger partial charge in [0.05, 0.1) is 6.20 Å². The van der Waals surface area contributed by atoms with Crippen molar-refractivity contribution < 1.29 is 12.3 Å². The Morgan fingerprint density at radius 2 is 2.27 bits per heavy atom. The van der Waals surface area contributed by atoms with E-state index in [4.69, 9.17) is 0 Å². The summed E-state index contributed by atoms with van der Waals surface area (Å²) in [7, 11) is -3.07. The average molecular weight is 290 g/mol. The van der Waals surface area contributed by atoms with Gasteiger partial charge in [-0.15, -0.1) is 3.89 Å². The van der Waals surface area contributed by atoms with Gasteiger partial charge in [-0.1, -0.05) is 0 Å². The molecule has 0 fully saturated rings. The fourth-order valence-corrected chi connectivity index (χ4v) is 2.13. The molecule has 0 radical (unpaired) electrons. The topological polar surface area (TPSA) is 52.0 Å². The summed E-state index contributed by atoms with van der Waals surface area (Å²) in [5.41, 5.74) is 0. The fourth-order valence-electron chi connectivity index (χ4n) is 0.566. The highest BCUT2D eigenvalue weighted by Gasteiger charge is 2.19. The zero-order chi connectivity index (χ0) is 8.65. The quantitative estimate of drug-likeness (QED) is 0.564. The first-order valence-corrected chi connectivity index (χ1v) is 5.01. The van der Waals surface area contributed by atoms with Crippen LogP contribution in [0.15, 0.2) is 11.1 Å². The van der Waals surface area contributed by atoms with E-state index in [1.165, 1.54) is 11.7 Å². The maximum atomic E-state index is 12.3. The van der Waals surface area contributed by atoms with Crippen LogP contribution in [-0.4, -0.2) is 18.2 Å². The molecule has 62 valence electrons. The van der Waals surface area contributed by atoms with Crippen molar-refractivity contribution in [3.63, 3.8) is 0 Å². The molecule has 0 N–H and O–H groups in total. The lowest BCUT2D eigenvalue weighted by molar-refractivity contribution is 0.551. The molecule has 0 aliphatic rings. The Kier molecular flexibility index (Phi) is 2.19. The normalized spacial score (nSPS) is 11.9. The minimum atomic E-state index is -4.60. The summed E-state index contributed by atoms with van der Waals surface area (Å²) in [6.07, 6.45) is 0.983. The molecule has 0 spiro atoms. The van der Waals surface area contributed by atoms with E-state index in [0.717, 1.165) is 6.20 Å². The second-order valence-electron chi connectivity index (χ2n) is 1.86. The Hall–Kier alpha value is -0.180. The summed E-state index contributed by atoms with van der Waals surface area (Å²) in [6.45, 7) is 0. The third-order valence-corrected chi connectivity index (χ3v) is 3.57. The molecule has 11 heavy (non-hydrogen) atoms. The minimum absolute atomic E-state index is 0.269. The number of rotatable bonds is 1. The summed E-state index contributed by atoms with van der Waals surface area (Å²) in [5.74, 6) is 0. The number of nitrogens with zero attached hydrogens (tertiary/aromatic N) is 2. The highest BCUT2D eigenvalue weighted by molar-refractivity contribution is 14.1. The van der Waals surface area contributed by atoms with Crippen molar-refractivity contribution in [3.05, 3.63) is 9.90 Å². The predicted molar refractivity (Wildman–Crippen MR) is 44.2 cm³/mol. The lowest BCUT2D eigenvalue weighted by atomic mass is 10.7. The largest absolute Gasteiger partial charge is 0.336 e. The molecule has 4 nitrogen and oxygen atoms in total. The predicted octanol–water partition coefficient (Wildman–Crippen LogP) is 0.683. The van der Waals surface area contributed by atoms with Crippen molar-refractivity contribution in [2.24, 2.45) is 7.05 Å². The third kappa shape index (κ3) is 1.70. The standard InChI is InChI=1S/C4H4FIN2O2S/c1-8-4(6)3(2-7-8)11(5,9)10/h2H,1H3. The average Bonchev–Trinajstić information content (AvgIpc) is 2.11. The molecule has 0 atom stereocenters. The zero-order valence-corrected chi connectivity index (χ0v) is 8.43. The van der Waals surface area contributed by atoms with Crippen molar-refractivity contribution in [3.8, 4) is 0 Å². The van der Waals surface area contributed by atoms with Crippen LogP contribution in [0.25, 0.3) is 0 Å². The first-order valence-electron chi connectivity index (χ1n) is 2.55. The van der Waals surface area contributed by atoms with Crippen LogP contribution in [0.4, 0.5) is 3.89 Å². The first-order chi connectivity index (χ1) is 4.93. The lowest BCUT2D eigenvalue weighted by Gasteiger charge is -1.91. The summed E-state index contributed by atoms with van der Waals surface area (Å²) in [5, 5.41) is 3.57. The Labute approximate surface area is 76.8 Å². The Morgan fingerprint density at radius 1 is 1.73 bits per heavy atom. The van der Waals surface area contributed by atoms with Crippen molar-refractivity contribution in [1.29, 1.82) is 0 Å². The van der Waals surface area contributed by atoms with Gasteiger partial charge in [-0.2, -0.15) is 13.5 Å². The van der Waals surface area contributed by atoms with Gasteiger partial charge >= 0.3 is 10.2 Å². The number of aromatic nitrogens is 2. The molecule has 1 heterocycles. The van der Waals surface area contributed by atoms with E-state index in [2.05, 4.69) is 5.10 Å². The van der Waals surface area contributed by atoms with Crippen LogP contribution in [0.1, 0.15) is 0 Å². The molecule has 0 amide bonds. The molecule has 1 aromatic rings. The van der Waals surface area contributed by atoms with Crippen LogP contribution in [0, 0.1) is 3.70 Å². The van der Waals surface area contributed by atoms with Gasteiger partial charge in [0.15, 0.2) is 0 Å². The second kappa shape index (κ2) is 2.70. The maximum absolute atomic E-state index is 12.3. The lowest BCUT2D eigenvalue weighted by Crippen LogP contribution is -1.96. The van der Waals surface area contributed by atoms with Crippen LogP contribution in [0.3, 0.4) is 0 Å². The van der Waals surface area contributed by atoms with Crippen molar-refractivity contribution >= 4 is 32.8 Å². The molecule has 7 heteroatoms. The van der Waals surface area contributed by atoms with Crippen LogP contribution in [-0.2, 0) is 17.3 Å². The van der Waals surface area contributed by atoms with Crippen molar-refractivity contribution in [2.45, 2.75) is 4.90 Å². The van der Waals surface area contributed by atoms with E-state index in [0.29, 0.717) is 0 Å². The van der Waals surface area contributed by atoms with E-state index in [1.807, 2.05) is 0 Å². The fraction of sp³-hybridized carbons (Fsp3) is 0.250. The van der Waals surface area contributed by atoms with E-state index < -0.39 is 10.2 Å². The smallest absolute Gasteiger partial charge is 0.261 e. The monoisotopic (exact) mass is 290 g/mol. The molecule has 0 unspecified atom stereocenters. The van der Waals surface area contributed by atoms with Gasteiger partial charge in [-0.3, -0.25) is 4.68 Å². The minimum Gasteiger partial charge on any atom is -0.261 e. The number of hydrogen-bond acceptors (Lipinski definition) is 3. The number of aryl methyl sites for hydroxylation is 1. The maximum Gasteiger partial charge on any atom is 0.336 e. The van der Waals surface area contributed by atoms with Crippen LogP contribution < -0.4 is 0 Å². The number of hydrogen-bond donors (Lipinski definition) is 0. The van der Waals surface area contributed by atoms with Gasteiger partial charge in [0.1, 0.15) is 8.60 Å². The number of halogens is 2. The molecule has 0 aromatic carbocycles. The van der Waals surface area contributed by atoms with Gasteiger partial charge in [0.2, 0.25) is 0 Å². The Bertz CT molecular complexity index is 371. The molecule has 0 bridgehead atoms. The van der Waals surface area contributed by atoms with Crippen molar-refractivity contribution in [2.75, 3.05) is 0 Å². The van der Waals surface area contributed by atoms with E-state index in [9.17, 15) is 12.3 Å². The van der Waals surface area contributed by atoms with Gasteiger partial charge in [-0.25, -0.2) is 0 Å². The SMILES string of the molecule is Cn1ncc(S(=O)(=O)F)c1I. The van der Waals surface area contributed by atoms with Crippen LogP contribution in [0.2, 0.25) is 0 Å². The molecule has 0 saturated carbocycles. The Morgan fingerprint density at radius 3 is 2.45 bits per heavy atom. The van der Waals surface area contributed by atoms with Crippen LogP contribution in [0.5, 0.6) is 0 Å². The van der Waals surface area contributed by atoms with Gasteiger partial charge in [-0.05, 0) is 22.6 Å². The Balaban J connectivity index is 3.38. The van der Waals surface area contributed by atoms with Crippen LogP contribution >= 0.6 is 22.6 Å². The second-order valence-corrected chi connectivity index (χ2v) is 4.20. The van der Waals surface area contributed by atoms with E-state index in [1.54, 1.807) is 22.6 Å². The van der Waals surface area contributed by atoms with Gasteiger partial charge < -0.3 is 0 Å². The summed E-state index contributed by atoms with van der Waals surface area (Å²) >= 11 is 1.71. The molecule has 0 aliphatic carbocycles. The van der Waals surface area contributed by atoms with Gasteiger partial charge in [0, 0.05) is 7.05 Å². The third-order valence-electron chi connectivity index (χ3n) is 1.10. The molecule has 0 saturated heterocycles.